The molecule has 0 saturated heterocycles. The molecule has 2 aromatic carbocycles. The number of carboxylic acid groups (broad SMARTS) is 1. The van der Waals surface area contributed by atoms with Crippen LogP contribution in [0.1, 0.15) is 11.1 Å². The van der Waals surface area contributed by atoms with Crippen LogP contribution in [0, 0.1) is 0 Å². The molecule has 0 aliphatic heterocycles. The van der Waals surface area contributed by atoms with Crippen molar-refractivity contribution in [3.63, 3.8) is 0 Å². The minimum atomic E-state index is -1.22. The van der Waals surface area contributed by atoms with Crippen LogP contribution in [0.4, 0.5) is 0 Å². The summed E-state index contributed by atoms with van der Waals surface area (Å²) in [5, 5.41) is 11.6. The molecule has 0 aliphatic rings. The first kappa shape index (κ1) is 17.0. The highest BCUT2D eigenvalue weighted by atomic mass is 16.5. The van der Waals surface area contributed by atoms with E-state index in [1.165, 1.54) is 12.2 Å². The van der Waals surface area contributed by atoms with Crippen molar-refractivity contribution in [2.75, 3.05) is 7.11 Å². The first-order valence-corrected chi connectivity index (χ1v) is 7.21. The highest BCUT2D eigenvalue weighted by Crippen LogP contribution is 2.13. The molecule has 0 saturated carbocycles. The number of hydrogen-bond donors (Lipinski definition) is 2. The Hall–Kier alpha value is -3.34. The Labute approximate surface area is 139 Å². The molecule has 5 nitrogen and oxygen atoms in total. The number of benzene rings is 2. The maximum atomic E-state index is 11.9. The summed E-state index contributed by atoms with van der Waals surface area (Å²) in [6, 6.07) is 16.1. The summed E-state index contributed by atoms with van der Waals surface area (Å²) in [6.45, 7) is 0. The lowest BCUT2D eigenvalue weighted by atomic mass is 10.2. The van der Waals surface area contributed by atoms with Gasteiger partial charge in [-0.1, -0.05) is 42.5 Å². The molecular formula is C19H17NO4. The third-order valence-corrected chi connectivity index (χ3v) is 3.14. The monoisotopic (exact) mass is 323 g/mol. The van der Waals surface area contributed by atoms with Crippen molar-refractivity contribution in [1.82, 2.24) is 5.32 Å². The van der Waals surface area contributed by atoms with E-state index in [2.05, 4.69) is 5.32 Å². The number of rotatable bonds is 6. The van der Waals surface area contributed by atoms with Crippen LogP contribution < -0.4 is 10.1 Å². The van der Waals surface area contributed by atoms with Gasteiger partial charge in [0.15, 0.2) is 0 Å². The fourth-order valence-electron chi connectivity index (χ4n) is 1.93. The molecular weight excluding hydrogens is 306 g/mol. The first-order valence-electron chi connectivity index (χ1n) is 7.21. The smallest absolute Gasteiger partial charge is 0.352 e. The van der Waals surface area contributed by atoms with Crippen molar-refractivity contribution < 1.29 is 19.4 Å². The maximum Gasteiger partial charge on any atom is 0.352 e. The molecule has 2 aromatic rings. The van der Waals surface area contributed by atoms with Crippen LogP contribution in [-0.2, 0) is 9.59 Å². The minimum absolute atomic E-state index is 0.206. The Kier molecular flexibility index (Phi) is 5.91. The predicted octanol–water partition coefficient (Wildman–Crippen LogP) is 2.95. The van der Waals surface area contributed by atoms with E-state index in [1.807, 2.05) is 30.3 Å². The van der Waals surface area contributed by atoms with Gasteiger partial charge in [-0.2, -0.15) is 0 Å². The number of carboxylic acids is 1. The largest absolute Gasteiger partial charge is 0.497 e. The summed E-state index contributed by atoms with van der Waals surface area (Å²) in [5.41, 5.74) is 1.28. The number of amides is 1. The molecule has 5 heteroatoms. The number of hydrogen-bond acceptors (Lipinski definition) is 3. The lowest BCUT2D eigenvalue weighted by molar-refractivity contribution is -0.134. The summed E-state index contributed by atoms with van der Waals surface area (Å²) in [7, 11) is 1.55. The Morgan fingerprint density at radius 2 is 1.67 bits per heavy atom. The fraction of sp³-hybridized carbons (Fsp3) is 0.0526. The normalized spacial score (nSPS) is 11.3. The summed E-state index contributed by atoms with van der Waals surface area (Å²) >= 11 is 0. The zero-order valence-electron chi connectivity index (χ0n) is 13.1. The minimum Gasteiger partial charge on any atom is -0.497 e. The Morgan fingerprint density at radius 3 is 2.25 bits per heavy atom. The maximum absolute atomic E-state index is 11.9. The number of ether oxygens (including phenoxy) is 1. The van der Waals surface area contributed by atoms with Gasteiger partial charge >= 0.3 is 5.97 Å². The topological polar surface area (TPSA) is 75.6 Å². The van der Waals surface area contributed by atoms with Crippen molar-refractivity contribution in [3.05, 3.63) is 77.5 Å². The summed E-state index contributed by atoms with van der Waals surface area (Å²) in [6.07, 6.45) is 4.29. The Morgan fingerprint density at radius 1 is 1.00 bits per heavy atom. The quantitative estimate of drug-likeness (QED) is 0.802. The van der Waals surface area contributed by atoms with E-state index in [1.54, 1.807) is 37.5 Å². The van der Waals surface area contributed by atoms with Gasteiger partial charge < -0.3 is 15.2 Å². The highest BCUT2D eigenvalue weighted by Gasteiger charge is 2.10. The second-order valence-corrected chi connectivity index (χ2v) is 4.87. The molecule has 0 atom stereocenters. The zero-order chi connectivity index (χ0) is 17.4. The van der Waals surface area contributed by atoms with Gasteiger partial charge in [0, 0.05) is 6.08 Å². The third-order valence-electron chi connectivity index (χ3n) is 3.14. The molecule has 0 bridgehead atoms. The fourth-order valence-corrected chi connectivity index (χ4v) is 1.93. The molecule has 0 spiro atoms. The van der Waals surface area contributed by atoms with E-state index in [9.17, 15) is 14.7 Å². The lowest BCUT2D eigenvalue weighted by Crippen LogP contribution is -2.25. The Balaban J connectivity index is 2.10. The third kappa shape index (κ3) is 5.14. The summed E-state index contributed by atoms with van der Waals surface area (Å²) in [5.74, 6) is -1.06. The van der Waals surface area contributed by atoms with Crippen LogP contribution in [0.25, 0.3) is 12.2 Å². The van der Waals surface area contributed by atoms with Crippen molar-refractivity contribution >= 4 is 24.0 Å². The lowest BCUT2D eigenvalue weighted by Gasteiger charge is -2.04. The van der Waals surface area contributed by atoms with Crippen molar-refractivity contribution in [1.29, 1.82) is 0 Å². The van der Waals surface area contributed by atoms with E-state index in [4.69, 9.17) is 4.74 Å². The molecule has 2 N–H and O–H groups in total. The number of carbonyl (C=O) groups is 2. The van der Waals surface area contributed by atoms with Crippen LogP contribution in [0.3, 0.4) is 0 Å². The zero-order valence-corrected chi connectivity index (χ0v) is 13.1. The van der Waals surface area contributed by atoms with Gasteiger partial charge in [-0.05, 0) is 35.4 Å². The van der Waals surface area contributed by atoms with E-state index < -0.39 is 11.9 Å². The van der Waals surface area contributed by atoms with Gasteiger partial charge in [-0.3, -0.25) is 4.79 Å². The molecule has 0 aromatic heterocycles. The molecule has 0 fully saturated rings. The average molecular weight is 323 g/mol. The number of aliphatic carboxylic acids is 1. The highest BCUT2D eigenvalue weighted by molar-refractivity contribution is 6.01. The van der Waals surface area contributed by atoms with Gasteiger partial charge in [0.25, 0.3) is 0 Å². The molecule has 24 heavy (non-hydrogen) atoms. The molecule has 2 rings (SSSR count). The van der Waals surface area contributed by atoms with Gasteiger partial charge in [0.2, 0.25) is 5.91 Å². The predicted molar refractivity (Wildman–Crippen MR) is 92.2 cm³/mol. The van der Waals surface area contributed by atoms with Gasteiger partial charge in [0.1, 0.15) is 11.4 Å². The first-order chi connectivity index (χ1) is 11.6. The molecule has 122 valence electrons. The number of carbonyl (C=O) groups excluding carboxylic acids is 1. The van der Waals surface area contributed by atoms with Crippen LogP contribution in [0.2, 0.25) is 0 Å². The molecule has 1 amide bonds. The molecule has 0 radical (unpaired) electrons. The standard InChI is InChI=1S/C19H17NO4/c1-24-16-10-7-15(8-11-16)13-17(19(22)23)20-18(21)12-9-14-5-3-2-4-6-14/h2-13H,1H3,(H,20,21)(H,22,23)/b12-9+,17-13-. The van der Waals surface area contributed by atoms with E-state index >= 15 is 0 Å². The number of nitrogens with one attached hydrogen (secondary N) is 1. The van der Waals surface area contributed by atoms with Crippen LogP contribution >= 0.6 is 0 Å². The number of methoxy groups -OCH3 is 1. The Bertz CT molecular complexity index is 762. The van der Waals surface area contributed by atoms with Crippen molar-refractivity contribution in [2.45, 2.75) is 0 Å². The van der Waals surface area contributed by atoms with Gasteiger partial charge in [-0.25, -0.2) is 4.79 Å². The van der Waals surface area contributed by atoms with E-state index in [0.29, 0.717) is 11.3 Å². The van der Waals surface area contributed by atoms with E-state index in [0.717, 1.165) is 5.56 Å². The summed E-state index contributed by atoms with van der Waals surface area (Å²) < 4.78 is 5.04. The van der Waals surface area contributed by atoms with Crippen LogP contribution in [-0.4, -0.2) is 24.1 Å². The van der Waals surface area contributed by atoms with Gasteiger partial charge in [-0.15, -0.1) is 0 Å². The average Bonchev–Trinajstić information content (AvgIpc) is 2.61. The second kappa shape index (κ2) is 8.33. The van der Waals surface area contributed by atoms with Crippen molar-refractivity contribution in [2.24, 2.45) is 0 Å². The van der Waals surface area contributed by atoms with E-state index in [-0.39, 0.29) is 5.70 Å². The second-order valence-electron chi connectivity index (χ2n) is 4.87. The van der Waals surface area contributed by atoms with Crippen molar-refractivity contribution in [3.8, 4) is 5.75 Å². The molecule has 0 aliphatic carbocycles. The molecule has 0 heterocycles. The summed E-state index contributed by atoms with van der Waals surface area (Å²) in [4.78, 5) is 23.2. The van der Waals surface area contributed by atoms with Crippen LogP contribution in [0.15, 0.2) is 66.4 Å². The molecule has 0 unspecified atom stereocenters. The SMILES string of the molecule is COc1ccc(/C=C(\NC(=O)/C=C/c2ccccc2)C(=O)O)cc1. The van der Waals surface area contributed by atoms with Gasteiger partial charge in [0.05, 0.1) is 7.11 Å². The van der Waals surface area contributed by atoms with Crippen LogP contribution in [0.5, 0.6) is 5.75 Å².